The highest BCUT2D eigenvalue weighted by Gasteiger charge is 2.24. The van der Waals surface area contributed by atoms with Crippen LogP contribution in [0.25, 0.3) is 0 Å². The zero-order valence-electron chi connectivity index (χ0n) is 13.6. The third-order valence-corrected chi connectivity index (χ3v) is 3.22. The van der Waals surface area contributed by atoms with Crippen molar-refractivity contribution in [3.05, 3.63) is 30.3 Å². The SMILES string of the molecule is CC(NC(=O)OC(C)(C)C)C(CN)N(C)c1ccccc1. The maximum atomic E-state index is 11.9. The van der Waals surface area contributed by atoms with Crippen LogP contribution in [0, 0.1) is 0 Å². The van der Waals surface area contributed by atoms with Crippen molar-refractivity contribution in [1.29, 1.82) is 0 Å². The van der Waals surface area contributed by atoms with Gasteiger partial charge in [0, 0.05) is 19.3 Å². The lowest BCUT2D eigenvalue weighted by molar-refractivity contribution is 0.0502. The molecule has 2 atom stereocenters. The minimum absolute atomic E-state index is 0.0140. The second kappa shape index (κ2) is 7.31. The van der Waals surface area contributed by atoms with Crippen LogP contribution in [0.15, 0.2) is 30.3 Å². The number of carbonyl (C=O) groups excluding carboxylic acids is 1. The molecule has 0 aliphatic heterocycles. The zero-order valence-corrected chi connectivity index (χ0v) is 13.6. The summed E-state index contributed by atoms with van der Waals surface area (Å²) in [5, 5.41) is 2.86. The van der Waals surface area contributed by atoms with Crippen molar-refractivity contribution in [3.8, 4) is 0 Å². The van der Waals surface area contributed by atoms with Crippen molar-refractivity contribution >= 4 is 11.8 Å². The Morgan fingerprint density at radius 1 is 1.33 bits per heavy atom. The van der Waals surface area contributed by atoms with Crippen LogP contribution in [0.2, 0.25) is 0 Å². The molecule has 5 heteroatoms. The van der Waals surface area contributed by atoms with Crippen LogP contribution >= 0.6 is 0 Å². The molecule has 0 fully saturated rings. The van der Waals surface area contributed by atoms with Gasteiger partial charge in [-0.1, -0.05) is 18.2 Å². The van der Waals surface area contributed by atoms with Gasteiger partial charge in [-0.05, 0) is 39.8 Å². The van der Waals surface area contributed by atoms with E-state index in [1.807, 2.05) is 65.1 Å². The number of nitrogens with zero attached hydrogens (tertiary/aromatic N) is 1. The molecule has 3 N–H and O–H groups in total. The van der Waals surface area contributed by atoms with E-state index < -0.39 is 11.7 Å². The molecule has 0 bridgehead atoms. The third-order valence-electron chi connectivity index (χ3n) is 3.22. The Hall–Kier alpha value is -1.75. The van der Waals surface area contributed by atoms with E-state index in [-0.39, 0.29) is 12.1 Å². The van der Waals surface area contributed by atoms with Crippen LogP contribution in [0.4, 0.5) is 10.5 Å². The van der Waals surface area contributed by atoms with Gasteiger partial charge in [-0.3, -0.25) is 0 Å². The largest absolute Gasteiger partial charge is 0.444 e. The lowest BCUT2D eigenvalue weighted by Crippen LogP contribution is -2.53. The minimum Gasteiger partial charge on any atom is -0.444 e. The molecule has 0 saturated carbocycles. The van der Waals surface area contributed by atoms with Crippen LogP contribution in [-0.4, -0.2) is 37.4 Å². The number of carbonyl (C=O) groups is 1. The Balaban J connectivity index is 2.69. The van der Waals surface area contributed by atoms with Crippen LogP contribution in [0.5, 0.6) is 0 Å². The first kappa shape index (κ1) is 17.3. The molecule has 1 amide bonds. The molecule has 0 saturated heterocycles. The number of ether oxygens (including phenoxy) is 1. The predicted molar refractivity (Wildman–Crippen MR) is 86.5 cm³/mol. The Bertz CT molecular complexity index is 443. The van der Waals surface area contributed by atoms with E-state index in [1.54, 1.807) is 0 Å². The molecule has 118 valence electrons. The molecular weight excluding hydrogens is 266 g/mol. The molecule has 1 aromatic carbocycles. The Morgan fingerprint density at radius 2 is 1.90 bits per heavy atom. The molecule has 0 aliphatic carbocycles. The van der Waals surface area contributed by atoms with E-state index in [4.69, 9.17) is 10.5 Å². The Kier molecular flexibility index (Phi) is 6.03. The molecule has 21 heavy (non-hydrogen) atoms. The zero-order chi connectivity index (χ0) is 16.0. The lowest BCUT2D eigenvalue weighted by Gasteiger charge is -2.34. The average molecular weight is 293 g/mol. The standard InChI is InChI=1S/C16H27N3O2/c1-12(18-15(20)21-16(2,3)4)14(11-17)19(5)13-9-7-6-8-10-13/h6-10,12,14H,11,17H2,1-5H3,(H,18,20). The Morgan fingerprint density at radius 3 is 2.38 bits per heavy atom. The highest BCUT2D eigenvalue weighted by atomic mass is 16.6. The molecular formula is C16H27N3O2. The Labute approximate surface area is 127 Å². The number of para-hydroxylation sites is 1. The van der Waals surface area contributed by atoms with E-state index in [0.717, 1.165) is 5.69 Å². The highest BCUT2D eigenvalue weighted by Crippen LogP contribution is 2.16. The monoisotopic (exact) mass is 293 g/mol. The molecule has 5 nitrogen and oxygen atoms in total. The first-order valence-corrected chi connectivity index (χ1v) is 7.22. The van der Waals surface area contributed by atoms with Gasteiger partial charge in [0.1, 0.15) is 5.60 Å². The fraction of sp³-hybridized carbons (Fsp3) is 0.562. The summed E-state index contributed by atoms with van der Waals surface area (Å²) in [5.74, 6) is 0. The van der Waals surface area contributed by atoms with Gasteiger partial charge in [-0.15, -0.1) is 0 Å². The minimum atomic E-state index is -0.507. The molecule has 1 rings (SSSR count). The number of anilines is 1. The molecule has 1 aromatic rings. The fourth-order valence-electron chi connectivity index (χ4n) is 2.14. The van der Waals surface area contributed by atoms with Crippen molar-refractivity contribution in [3.63, 3.8) is 0 Å². The maximum Gasteiger partial charge on any atom is 0.407 e. The normalized spacial score (nSPS) is 14.2. The molecule has 0 aromatic heterocycles. The van der Waals surface area contributed by atoms with Gasteiger partial charge >= 0.3 is 6.09 Å². The van der Waals surface area contributed by atoms with E-state index in [0.29, 0.717) is 6.54 Å². The van der Waals surface area contributed by atoms with Crippen molar-refractivity contribution in [1.82, 2.24) is 5.32 Å². The molecule has 0 spiro atoms. The molecule has 2 unspecified atom stereocenters. The number of hydrogen-bond acceptors (Lipinski definition) is 4. The molecule has 0 aliphatic rings. The van der Waals surface area contributed by atoms with Crippen molar-refractivity contribution in [2.24, 2.45) is 5.73 Å². The van der Waals surface area contributed by atoms with Crippen LogP contribution < -0.4 is 16.0 Å². The topological polar surface area (TPSA) is 67.6 Å². The van der Waals surface area contributed by atoms with E-state index in [1.165, 1.54) is 0 Å². The van der Waals surface area contributed by atoms with Crippen LogP contribution in [0.1, 0.15) is 27.7 Å². The van der Waals surface area contributed by atoms with E-state index >= 15 is 0 Å². The average Bonchev–Trinajstić information content (AvgIpc) is 2.38. The predicted octanol–water partition coefficient (Wildman–Crippen LogP) is 2.36. The van der Waals surface area contributed by atoms with E-state index in [9.17, 15) is 4.79 Å². The van der Waals surface area contributed by atoms with Crippen molar-refractivity contribution in [2.75, 3.05) is 18.5 Å². The number of rotatable bonds is 5. The lowest BCUT2D eigenvalue weighted by atomic mass is 10.1. The molecule has 0 radical (unpaired) electrons. The number of hydrogen-bond donors (Lipinski definition) is 2. The highest BCUT2D eigenvalue weighted by molar-refractivity contribution is 5.68. The second-order valence-electron chi connectivity index (χ2n) is 6.18. The third kappa shape index (κ3) is 5.63. The van der Waals surface area contributed by atoms with Crippen molar-refractivity contribution in [2.45, 2.75) is 45.4 Å². The summed E-state index contributed by atoms with van der Waals surface area (Å²) >= 11 is 0. The number of alkyl carbamates (subject to hydrolysis) is 1. The van der Waals surface area contributed by atoms with Gasteiger partial charge in [0.25, 0.3) is 0 Å². The number of likely N-dealkylation sites (N-methyl/N-ethyl adjacent to an activating group) is 1. The number of benzene rings is 1. The summed E-state index contributed by atoms with van der Waals surface area (Å²) in [5.41, 5.74) is 6.44. The van der Waals surface area contributed by atoms with Gasteiger partial charge < -0.3 is 20.7 Å². The van der Waals surface area contributed by atoms with Crippen LogP contribution in [0.3, 0.4) is 0 Å². The van der Waals surface area contributed by atoms with Crippen LogP contribution in [-0.2, 0) is 4.74 Å². The maximum absolute atomic E-state index is 11.9. The second-order valence-corrected chi connectivity index (χ2v) is 6.18. The van der Waals surface area contributed by atoms with Gasteiger partial charge in [0.2, 0.25) is 0 Å². The quantitative estimate of drug-likeness (QED) is 0.874. The first-order chi connectivity index (χ1) is 9.74. The summed E-state index contributed by atoms with van der Waals surface area (Å²) in [6.45, 7) is 7.89. The number of amides is 1. The van der Waals surface area contributed by atoms with Gasteiger partial charge in [0.15, 0.2) is 0 Å². The first-order valence-electron chi connectivity index (χ1n) is 7.22. The smallest absolute Gasteiger partial charge is 0.407 e. The summed E-state index contributed by atoms with van der Waals surface area (Å²) in [6, 6.07) is 9.81. The number of nitrogens with two attached hydrogens (primary N) is 1. The van der Waals surface area contributed by atoms with Crippen molar-refractivity contribution < 1.29 is 9.53 Å². The molecule has 0 heterocycles. The number of nitrogens with one attached hydrogen (secondary N) is 1. The summed E-state index contributed by atoms with van der Waals surface area (Å²) in [7, 11) is 1.97. The van der Waals surface area contributed by atoms with Gasteiger partial charge in [-0.2, -0.15) is 0 Å². The van der Waals surface area contributed by atoms with Gasteiger partial charge in [0.05, 0.1) is 12.1 Å². The summed E-state index contributed by atoms with van der Waals surface area (Å²) in [4.78, 5) is 13.9. The fourth-order valence-corrected chi connectivity index (χ4v) is 2.14. The summed E-state index contributed by atoms with van der Waals surface area (Å²) in [6.07, 6.45) is -0.421. The van der Waals surface area contributed by atoms with E-state index in [2.05, 4.69) is 10.2 Å². The van der Waals surface area contributed by atoms with Gasteiger partial charge in [-0.25, -0.2) is 4.79 Å². The summed E-state index contributed by atoms with van der Waals surface area (Å²) < 4.78 is 5.28.